The van der Waals surface area contributed by atoms with Crippen LogP contribution in [0.15, 0.2) is 53.1 Å². The highest BCUT2D eigenvalue weighted by molar-refractivity contribution is 6.43. The van der Waals surface area contributed by atoms with Gasteiger partial charge in [-0.2, -0.15) is 0 Å². The second-order valence-electron chi connectivity index (χ2n) is 7.35. The van der Waals surface area contributed by atoms with Crippen LogP contribution in [-0.2, 0) is 14.3 Å². The summed E-state index contributed by atoms with van der Waals surface area (Å²) in [6, 6.07) is 11.8. The number of ketones is 2. The molecule has 1 aromatic heterocycles. The number of carbonyl (C=O) groups excluding carboxylic acids is 3. The van der Waals surface area contributed by atoms with E-state index >= 15 is 0 Å². The van der Waals surface area contributed by atoms with Gasteiger partial charge in [-0.05, 0) is 24.1 Å². The molecule has 7 nitrogen and oxygen atoms in total. The average molecular weight is 396 g/mol. The number of benzene rings is 1. The van der Waals surface area contributed by atoms with Gasteiger partial charge in [-0.25, -0.2) is 0 Å². The molecule has 2 atom stereocenters. The van der Waals surface area contributed by atoms with Crippen LogP contribution < -0.4 is 0 Å². The van der Waals surface area contributed by atoms with Crippen molar-refractivity contribution in [2.75, 3.05) is 39.4 Å². The Hall–Kier alpha value is -2.77. The van der Waals surface area contributed by atoms with Gasteiger partial charge in [0.15, 0.2) is 5.76 Å². The molecule has 1 aromatic carbocycles. The summed E-state index contributed by atoms with van der Waals surface area (Å²) in [5.41, 5.74) is 0.781. The fourth-order valence-electron chi connectivity index (χ4n) is 4.11. The molecule has 7 heteroatoms. The number of morpholine rings is 1. The van der Waals surface area contributed by atoms with Gasteiger partial charge in [-0.15, -0.1) is 0 Å². The van der Waals surface area contributed by atoms with Crippen LogP contribution in [-0.4, -0.2) is 66.7 Å². The molecule has 2 fully saturated rings. The molecule has 4 rings (SSSR count). The lowest BCUT2D eigenvalue weighted by atomic mass is 9.88. The summed E-state index contributed by atoms with van der Waals surface area (Å²) >= 11 is 0. The Labute approximate surface area is 169 Å². The minimum Gasteiger partial charge on any atom is -0.461 e. The summed E-state index contributed by atoms with van der Waals surface area (Å²) in [6.07, 6.45) is 2.12. The Balaban J connectivity index is 1.56. The third kappa shape index (κ3) is 4.02. The highest BCUT2D eigenvalue weighted by atomic mass is 16.5. The summed E-state index contributed by atoms with van der Waals surface area (Å²) in [5, 5.41) is 0. The number of hydrogen-bond acceptors (Lipinski definition) is 6. The van der Waals surface area contributed by atoms with Crippen molar-refractivity contribution in [3.05, 3.63) is 60.1 Å². The Morgan fingerprint density at radius 2 is 1.76 bits per heavy atom. The summed E-state index contributed by atoms with van der Waals surface area (Å²) in [6.45, 7) is 4.41. The van der Waals surface area contributed by atoms with Gasteiger partial charge in [0.1, 0.15) is 5.92 Å². The van der Waals surface area contributed by atoms with Crippen LogP contribution in [0, 0.1) is 5.92 Å². The first-order valence-electron chi connectivity index (χ1n) is 9.94. The summed E-state index contributed by atoms with van der Waals surface area (Å²) in [5.74, 6) is -2.68. The average Bonchev–Trinajstić information content (AvgIpc) is 3.38. The molecule has 0 bridgehead atoms. The molecule has 0 N–H and O–H groups in total. The zero-order valence-corrected chi connectivity index (χ0v) is 16.2. The van der Waals surface area contributed by atoms with E-state index in [1.54, 1.807) is 11.0 Å². The topological polar surface area (TPSA) is 80.1 Å². The third-order valence-corrected chi connectivity index (χ3v) is 5.57. The van der Waals surface area contributed by atoms with Gasteiger partial charge >= 0.3 is 0 Å². The second-order valence-corrected chi connectivity index (χ2v) is 7.35. The smallest absolute Gasteiger partial charge is 0.291 e. The lowest BCUT2D eigenvalue weighted by Crippen LogP contribution is -2.39. The number of furan rings is 1. The monoisotopic (exact) mass is 396 g/mol. The minimum absolute atomic E-state index is 0.104. The summed E-state index contributed by atoms with van der Waals surface area (Å²) in [7, 11) is 0. The first kappa shape index (κ1) is 19.5. The Kier molecular flexibility index (Phi) is 5.87. The Bertz CT molecular complexity index is 859. The van der Waals surface area contributed by atoms with E-state index < -0.39 is 29.4 Å². The molecule has 29 heavy (non-hydrogen) atoms. The molecule has 2 aromatic rings. The molecule has 152 valence electrons. The van der Waals surface area contributed by atoms with E-state index in [1.165, 1.54) is 12.3 Å². The number of nitrogens with zero attached hydrogens (tertiary/aromatic N) is 2. The normalized spacial score (nSPS) is 23.0. The molecule has 1 amide bonds. The third-order valence-electron chi connectivity index (χ3n) is 5.57. The molecule has 2 unspecified atom stereocenters. The van der Waals surface area contributed by atoms with E-state index in [0.29, 0.717) is 19.8 Å². The van der Waals surface area contributed by atoms with E-state index in [2.05, 4.69) is 4.90 Å². The molecule has 2 saturated heterocycles. The van der Waals surface area contributed by atoms with Gasteiger partial charge in [0, 0.05) is 26.2 Å². The fraction of sp³-hybridized carbons (Fsp3) is 0.409. The van der Waals surface area contributed by atoms with Crippen molar-refractivity contribution in [1.29, 1.82) is 0 Å². The fourth-order valence-corrected chi connectivity index (χ4v) is 4.11. The van der Waals surface area contributed by atoms with E-state index in [1.807, 2.05) is 30.3 Å². The van der Waals surface area contributed by atoms with Crippen LogP contribution in [0.1, 0.15) is 28.6 Å². The lowest BCUT2D eigenvalue weighted by molar-refractivity contribution is -0.140. The van der Waals surface area contributed by atoms with E-state index in [0.717, 1.165) is 31.6 Å². The highest BCUT2D eigenvalue weighted by Crippen LogP contribution is 2.38. The zero-order chi connectivity index (χ0) is 20.2. The van der Waals surface area contributed by atoms with Crippen LogP contribution in [0.3, 0.4) is 0 Å². The highest BCUT2D eigenvalue weighted by Gasteiger charge is 2.51. The Morgan fingerprint density at radius 3 is 2.45 bits per heavy atom. The van der Waals surface area contributed by atoms with Crippen molar-refractivity contribution in [3.63, 3.8) is 0 Å². The zero-order valence-electron chi connectivity index (χ0n) is 16.2. The second kappa shape index (κ2) is 8.71. The van der Waals surface area contributed by atoms with Crippen LogP contribution in [0.25, 0.3) is 0 Å². The van der Waals surface area contributed by atoms with Gasteiger partial charge in [0.05, 0.1) is 25.5 Å². The van der Waals surface area contributed by atoms with Crippen LogP contribution in [0.4, 0.5) is 0 Å². The minimum atomic E-state index is -1.08. The van der Waals surface area contributed by atoms with Crippen molar-refractivity contribution in [2.45, 2.75) is 12.5 Å². The van der Waals surface area contributed by atoms with Crippen molar-refractivity contribution >= 4 is 17.5 Å². The van der Waals surface area contributed by atoms with Crippen molar-refractivity contribution < 1.29 is 23.5 Å². The van der Waals surface area contributed by atoms with Crippen molar-refractivity contribution in [2.24, 2.45) is 5.92 Å². The number of likely N-dealkylation sites (tertiary alicyclic amines) is 1. The number of ether oxygens (including phenoxy) is 1. The maximum atomic E-state index is 13.0. The van der Waals surface area contributed by atoms with Gasteiger partial charge in [-0.3, -0.25) is 19.3 Å². The van der Waals surface area contributed by atoms with Crippen molar-refractivity contribution in [3.8, 4) is 0 Å². The van der Waals surface area contributed by atoms with Gasteiger partial charge in [0.2, 0.25) is 11.6 Å². The van der Waals surface area contributed by atoms with E-state index in [-0.39, 0.29) is 5.76 Å². The molecule has 0 saturated carbocycles. The summed E-state index contributed by atoms with van der Waals surface area (Å²) < 4.78 is 10.6. The van der Waals surface area contributed by atoms with Crippen LogP contribution in [0.5, 0.6) is 0 Å². The number of Topliss-reactive ketones (excluding diaryl/α,β-unsaturated/α-hetero) is 2. The lowest BCUT2D eigenvalue weighted by Gasteiger charge is -2.30. The quantitative estimate of drug-likeness (QED) is 0.404. The van der Waals surface area contributed by atoms with Gasteiger partial charge in [-0.1, -0.05) is 30.3 Å². The summed E-state index contributed by atoms with van der Waals surface area (Å²) in [4.78, 5) is 42.5. The first-order chi connectivity index (χ1) is 14.2. The van der Waals surface area contributed by atoms with Crippen LogP contribution in [0.2, 0.25) is 0 Å². The molecule has 0 aliphatic carbocycles. The van der Waals surface area contributed by atoms with Gasteiger partial charge < -0.3 is 14.1 Å². The molecule has 0 radical (unpaired) electrons. The van der Waals surface area contributed by atoms with Crippen LogP contribution >= 0.6 is 0 Å². The first-order valence-corrected chi connectivity index (χ1v) is 9.94. The molecule has 2 aliphatic heterocycles. The SMILES string of the molecule is O=C1C(=O)N(CCCN2CCOCC2)C(c2ccccc2)C1C(=O)c1ccco1. The Morgan fingerprint density at radius 1 is 1.00 bits per heavy atom. The largest absolute Gasteiger partial charge is 0.461 e. The molecule has 3 heterocycles. The number of amides is 1. The molecule has 2 aliphatic rings. The molecular formula is C22H24N2O5. The predicted octanol–water partition coefficient (Wildman–Crippen LogP) is 1.95. The maximum absolute atomic E-state index is 13.0. The van der Waals surface area contributed by atoms with E-state index in [9.17, 15) is 14.4 Å². The van der Waals surface area contributed by atoms with Gasteiger partial charge in [0.25, 0.3) is 5.91 Å². The van der Waals surface area contributed by atoms with Crippen molar-refractivity contribution in [1.82, 2.24) is 9.80 Å². The number of carbonyl (C=O) groups is 3. The standard InChI is InChI=1S/C22H24N2O5/c25-20(17-8-4-13-29-17)18-19(16-6-2-1-3-7-16)24(22(27)21(18)26)10-5-9-23-11-14-28-15-12-23/h1-4,6-8,13,18-19H,5,9-12,14-15H2. The number of hydrogen-bond donors (Lipinski definition) is 0. The predicted molar refractivity (Wildman–Crippen MR) is 104 cm³/mol. The molecular weight excluding hydrogens is 372 g/mol. The maximum Gasteiger partial charge on any atom is 0.291 e. The number of rotatable bonds is 7. The van der Waals surface area contributed by atoms with E-state index in [4.69, 9.17) is 9.15 Å². The molecule has 0 spiro atoms.